The summed E-state index contributed by atoms with van der Waals surface area (Å²) < 4.78 is 13.8. The van der Waals surface area contributed by atoms with Gasteiger partial charge in [0.15, 0.2) is 11.6 Å². The number of aliphatic hydroxyl groups excluding tert-OH is 1. The first kappa shape index (κ1) is 31.2. The van der Waals surface area contributed by atoms with E-state index in [4.69, 9.17) is 9.47 Å². The molecule has 1 aromatic rings. The third-order valence-electron chi connectivity index (χ3n) is 11.9. The first-order chi connectivity index (χ1) is 20.9. The minimum absolute atomic E-state index is 0.00558. The predicted octanol–water partition coefficient (Wildman–Crippen LogP) is 6.79. The van der Waals surface area contributed by atoms with Gasteiger partial charge in [0.05, 0.1) is 18.6 Å². The number of rotatable bonds is 5. The van der Waals surface area contributed by atoms with Crippen LogP contribution in [0.4, 0.5) is 0 Å². The monoisotopic (exact) mass is 607 g/mol. The number of hydrogen-bond donors (Lipinski definition) is 3. The lowest BCUT2D eigenvalue weighted by atomic mass is 9.56. The number of hydrogen-bond acceptors (Lipinski definition) is 7. The lowest BCUT2D eigenvalue weighted by Gasteiger charge is -2.52. The maximum absolute atomic E-state index is 14.4. The SMILES string of the molecule is C[C@@H]1[C@@H]2[C@@H](C(=O)C3=C(O)CC(=O)N3C)[C@H](C[C@H]3CC[C@@H](C)[C@@]4(CC[C@@H](C)[C@H](c5cc(O)cc(O)c5)O4)O3)C=C[C@@H]2CC[C@H]1C. The summed E-state index contributed by atoms with van der Waals surface area (Å²) in [5, 5.41) is 31.1. The molecule has 0 radical (unpaired) electrons. The largest absolute Gasteiger partial charge is 0.509 e. The van der Waals surface area contributed by atoms with Crippen molar-refractivity contribution in [3.8, 4) is 11.5 Å². The van der Waals surface area contributed by atoms with Gasteiger partial charge in [-0.1, -0.05) is 39.8 Å². The molecule has 2 aliphatic carbocycles. The van der Waals surface area contributed by atoms with E-state index in [9.17, 15) is 24.9 Å². The molecule has 6 rings (SSSR count). The maximum Gasteiger partial charge on any atom is 0.234 e. The zero-order valence-corrected chi connectivity index (χ0v) is 26.7. The van der Waals surface area contributed by atoms with E-state index in [0.29, 0.717) is 24.2 Å². The number of phenols is 2. The summed E-state index contributed by atoms with van der Waals surface area (Å²) in [6, 6.07) is 4.64. The van der Waals surface area contributed by atoms with Crippen molar-refractivity contribution in [2.24, 2.45) is 47.3 Å². The molecule has 3 heterocycles. The summed E-state index contributed by atoms with van der Waals surface area (Å²) in [6.45, 7) is 8.84. The number of likely N-dealkylation sites (N-methyl/N-ethyl adjacent to an activating group) is 1. The highest BCUT2D eigenvalue weighted by Crippen LogP contribution is 2.53. The van der Waals surface area contributed by atoms with Crippen LogP contribution >= 0.6 is 0 Å². The number of aliphatic hydroxyl groups is 1. The highest BCUT2D eigenvalue weighted by molar-refractivity contribution is 6.04. The average molecular weight is 608 g/mol. The van der Waals surface area contributed by atoms with Crippen LogP contribution in [-0.2, 0) is 19.1 Å². The van der Waals surface area contributed by atoms with E-state index < -0.39 is 5.79 Å². The molecule has 3 aliphatic heterocycles. The van der Waals surface area contributed by atoms with Gasteiger partial charge >= 0.3 is 0 Å². The molecule has 240 valence electrons. The summed E-state index contributed by atoms with van der Waals surface area (Å²) in [4.78, 5) is 28.2. The maximum atomic E-state index is 14.4. The number of ketones is 1. The topological polar surface area (TPSA) is 117 Å². The molecule has 5 aliphatic rings. The Hall–Kier alpha value is -2.84. The van der Waals surface area contributed by atoms with E-state index in [-0.39, 0.29) is 82.9 Å². The molecule has 1 saturated carbocycles. The summed E-state index contributed by atoms with van der Waals surface area (Å²) in [6.07, 6.45) is 10.2. The molecule has 8 nitrogen and oxygen atoms in total. The molecule has 1 aromatic carbocycles. The van der Waals surface area contributed by atoms with E-state index in [1.54, 1.807) is 19.2 Å². The molecule has 11 atom stereocenters. The predicted molar refractivity (Wildman–Crippen MR) is 165 cm³/mol. The van der Waals surface area contributed by atoms with Gasteiger partial charge in [0, 0.05) is 31.4 Å². The zero-order chi connectivity index (χ0) is 31.5. The molecule has 0 bridgehead atoms. The van der Waals surface area contributed by atoms with E-state index in [0.717, 1.165) is 44.1 Å². The van der Waals surface area contributed by atoms with E-state index in [2.05, 4.69) is 39.8 Å². The highest BCUT2D eigenvalue weighted by atomic mass is 16.7. The Morgan fingerprint density at radius 2 is 1.66 bits per heavy atom. The smallest absolute Gasteiger partial charge is 0.234 e. The van der Waals surface area contributed by atoms with Gasteiger partial charge in [-0.2, -0.15) is 0 Å². The molecule has 1 spiro atoms. The van der Waals surface area contributed by atoms with E-state index in [1.165, 1.54) is 11.0 Å². The lowest BCUT2D eigenvalue weighted by molar-refractivity contribution is -0.348. The van der Waals surface area contributed by atoms with Gasteiger partial charge in [-0.15, -0.1) is 0 Å². The van der Waals surface area contributed by atoms with Crippen LogP contribution in [0.1, 0.15) is 90.7 Å². The van der Waals surface area contributed by atoms with Crippen LogP contribution < -0.4 is 0 Å². The third kappa shape index (κ3) is 5.46. The number of phenolic OH excluding ortho intramolecular Hbond substituents is 2. The van der Waals surface area contributed by atoms with Crippen molar-refractivity contribution in [1.82, 2.24) is 4.90 Å². The average Bonchev–Trinajstić information content (AvgIpc) is 3.23. The Kier molecular flexibility index (Phi) is 8.37. The summed E-state index contributed by atoms with van der Waals surface area (Å²) in [5.74, 6) is -0.0967. The van der Waals surface area contributed by atoms with E-state index in [1.807, 2.05) is 0 Å². The fourth-order valence-electron chi connectivity index (χ4n) is 9.09. The highest BCUT2D eigenvalue weighted by Gasteiger charge is 2.52. The summed E-state index contributed by atoms with van der Waals surface area (Å²) >= 11 is 0. The fraction of sp³-hybridized carbons (Fsp3) is 0.667. The first-order valence-electron chi connectivity index (χ1n) is 16.7. The van der Waals surface area contributed by atoms with Crippen molar-refractivity contribution in [2.75, 3.05) is 7.05 Å². The molecular weight excluding hydrogens is 558 g/mol. The number of fused-ring (bicyclic) bond motifs is 1. The van der Waals surface area contributed by atoms with Gasteiger partial charge in [0.1, 0.15) is 23.0 Å². The molecule has 0 aromatic heterocycles. The molecule has 2 saturated heterocycles. The van der Waals surface area contributed by atoms with Gasteiger partial charge < -0.3 is 29.7 Å². The second-order valence-corrected chi connectivity index (χ2v) is 14.6. The Balaban J connectivity index is 1.28. The zero-order valence-electron chi connectivity index (χ0n) is 26.7. The van der Waals surface area contributed by atoms with Gasteiger partial charge in [-0.3, -0.25) is 9.59 Å². The van der Waals surface area contributed by atoms with E-state index >= 15 is 0 Å². The summed E-state index contributed by atoms with van der Waals surface area (Å²) in [5.41, 5.74) is 0.906. The Bertz CT molecular complexity index is 1330. The van der Waals surface area contributed by atoms with Crippen molar-refractivity contribution >= 4 is 11.7 Å². The van der Waals surface area contributed by atoms with Gasteiger partial charge in [0.2, 0.25) is 5.91 Å². The fourth-order valence-corrected chi connectivity index (χ4v) is 9.09. The second-order valence-electron chi connectivity index (χ2n) is 14.6. The number of ether oxygens (including phenoxy) is 2. The molecular formula is C36H49NO7. The number of Topliss-reactive ketones (excluding diaryl/α,β-unsaturated/α-hetero) is 1. The minimum atomic E-state index is -0.798. The van der Waals surface area contributed by atoms with Crippen molar-refractivity contribution in [2.45, 2.75) is 97.1 Å². The standard InChI is InChI=1S/C36H49NO7/c1-19-6-8-23-9-10-24(32(31(23)22(19)4)34(42)33-29(40)18-30(41)37(33)5)16-28-11-7-21(3)36(43-28)13-12-20(2)35(44-36)25-14-26(38)17-27(39)15-25/h9-10,14-15,17,19-24,28,31-32,35,38-40H,6-8,11-13,16,18H2,1-5H3/t19-,20-,21-,22+,23+,24+,28-,31+,32+,35-,36+/m1/s1. The number of nitrogens with zero attached hydrogens (tertiary/aromatic N) is 1. The third-order valence-corrected chi connectivity index (χ3v) is 11.9. The minimum Gasteiger partial charge on any atom is -0.509 e. The van der Waals surface area contributed by atoms with Crippen LogP contribution in [0, 0.1) is 47.3 Å². The number of benzene rings is 1. The molecule has 0 unspecified atom stereocenters. The van der Waals surface area contributed by atoms with Crippen LogP contribution in [-0.4, -0.2) is 50.8 Å². The van der Waals surface area contributed by atoms with Crippen LogP contribution in [0.2, 0.25) is 0 Å². The molecule has 3 N–H and O–H groups in total. The molecule has 3 fully saturated rings. The lowest BCUT2D eigenvalue weighted by Crippen LogP contribution is -2.53. The second kappa shape index (κ2) is 11.8. The molecule has 8 heteroatoms. The number of allylic oxidation sites excluding steroid dienone is 3. The molecule has 44 heavy (non-hydrogen) atoms. The van der Waals surface area contributed by atoms with Crippen LogP contribution in [0.3, 0.4) is 0 Å². The quantitative estimate of drug-likeness (QED) is 0.316. The Labute approximate surface area is 261 Å². The number of carbonyl (C=O) groups excluding carboxylic acids is 2. The molecule has 1 amide bonds. The van der Waals surface area contributed by atoms with Gasteiger partial charge in [-0.25, -0.2) is 0 Å². The van der Waals surface area contributed by atoms with Crippen LogP contribution in [0.25, 0.3) is 0 Å². The van der Waals surface area contributed by atoms with Crippen molar-refractivity contribution in [3.63, 3.8) is 0 Å². The van der Waals surface area contributed by atoms with Crippen LogP contribution in [0.15, 0.2) is 41.8 Å². The van der Waals surface area contributed by atoms with Crippen molar-refractivity contribution in [3.05, 3.63) is 47.4 Å². The Morgan fingerprint density at radius 1 is 0.932 bits per heavy atom. The first-order valence-corrected chi connectivity index (χ1v) is 16.7. The summed E-state index contributed by atoms with van der Waals surface area (Å²) in [7, 11) is 1.59. The number of amides is 1. The van der Waals surface area contributed by atoms with Crippen molar-refractivity contribution < 1.29 is 34.4 Å². The van der Waals surface area contributed by atoms with Crippen LogP contribution in [0.5, 0.6) is 11.5 Å². The number of carbonyl (C=O) groups is 2. The number of aromatic hydroxyl groups is 2. The van der Waals surface area contributed by atoms with Gasteiger partial charge in [0.25, 0.3) is 0 Å². The normalized spacial score (nSPS) is 40.8. The Morgan fingerprint density at radius 3 is 2.34 bits per heavy atom. The van der Waals surface area contributed by atoms with Crippen molar-refractivity contribution in [1.29, 1.82) is 0 Å². The van der Waals surface area contributed by atoms with Gasteiger partial charge in [-0.05, 0) is 91.7 Å².